The summed E-state index contributed by atoms with van der Waals surface area (Å²) in [5.41, 5.74) is 1.71. The van der Waals surface area contributed by atoms with Gasteiger partial charge < -0.3 is 14.7 Å². The van der Waals surface area contributed by atoms with Gasteiger partial charge in [0.2, 0.25) is 0 Å². The number of pyridine rings is 1. The number of aliphatic hydroxyl groups is 1. The van der Waals surface area contributed by atoms with Crippen LogP contribution in [0.25, 0.3) is 5.76 Å². The van der Waals surface area contributed by atoms with Gasteiger partial charge in [-0.05, 0) is 66.9 Å². The van der Waals surface area contributed by atoms with Crippen molar-refractivity contribution >= 4 is 17.4 Å². The predicted molar refractivity (Wildman–Crippen MR) is 135 cm³/mol. The highest BCUT2D eigenvalue weighted by Crippen LogP contribution is 2.38. The predicted octanol–water partition coefficient (Wildman–Crippen LogP) is 5.45. The molecule has 1 atom stereocenters. The number of halogens is 1. The Morgan fingerprint density at radius 1 is 1.03 bits per heavy atom. The highest BCUT2D eigenvalue weighted by atomic mass is 19.1. The molecule has 1 aliphatic heterocycles. The van der Waals surface area contributed by atoms with E-state index in [4.69, 9.17) is 4.74 Å². The fourth-order valence-corrected chi connectivity index (χ4v) is 4.26. The number of amides is 1. The Balaban J connectivity index is 1.63. The fourth-order valence-electron chi connectivity index (χ4n) is 4.26. The molecule has 4 rings (SSSR count). The number of aliphatic hydroxyl groups excluding tert-OH is 1. The van der Waals surface area contributed by atoms with Gasteiger partial charge in [0.25, 0.3) is 11.7 Å². The van der Waals surface area contributed by atoms with Crippen LogP contribution in [-0.4, -0.2) is 39.8 Å². The molecule has 0 spiro atoms. The maximum absolute atomic E-state index is 13.3. The molecule has 7 heteroatoms. The summed E-state index contributed by atoms with van der Waals surface area (Å²) in [6, 6.07) is 17.2. The third-order valence-corrected chi connectivity index (χ3v) is 6.21. The van der Waals surface area contributed by atoms with E-state index in [1.54, 1.807) is 60.8 Å². The van der Waals surface area contributed by atoms with Crippen LogP contribution in [0.2, 0.25) is 0 Å². The van der Waals surface area contributed by atoms with Crippen LogP contribution in [-0.2, 0) is 16.0 Å². The van der Waals surface area contributed by atoms with Crippen molar-refractivity contribution in [2.45, 2.75) is 38.6 Å². The molecule has 2 aromatic carbocycles. The molecule has 3 aromatic rings. The lowest BCUT2D eigenvalue weighted by atomic mass is 9.98. The summed E-state index contributed by atoms with van der Waals surface area (Å²) in [6.07, 6.45) is 5.16. The quantitative estimate of drug-likeness (QED) is 0.178. The summed E-state index contributed by atoms with van der Waals surface area (Å²) in [4.78, 5) is 32.0. The van der Waals surface area contributed by atoms with Crippen molar-refractivity contribution in [3.05, 3.63) is 101 Å². The Labute approximate surface area is 210 Å². The number of rotatable bonds is 10. The minimum absolute atomic E-state index is 0.00517. The Morgan fingerprint density at radius 2 is 1.78 bits per heavy atom. The lowest BCUT2D eigenvalue weighted by molar-refractivity contribution is -0.139. The minimum Gasteiger partial charge on any atom is -0.507 e. The van der Waals surface area contributed by atoms with Gasteiger partial charge in [0.05, 0.1) is 17.9 Å². The van der Waals surface area contributed by atoms with E-state index in [-0.39, 0.29) is 23.7 Å². The highest BCUT2D eigenvalue weighted by Gasteiger charge is 2.46. The largest absolute Gasteiger partial charge is 0.507 e. The Hall–Kier alpha value is -4.00. The van der Waals surface area contributed by atoms with Gasteiger partial charge in [0.15, 0.2) is 0 Å². The number of likely N-dealkylation sites (tertiary alicyclic amines) is 1. The van der Waals surface area contributed by atoms with Crippen LogP contribution in [0.3, 0.4) is 0 Å². The molecule has 0 bridgehead atoms. The van der Waals surface area contributed by atoms with Gasteiger partial charge in [0, 0.05) is 18.3 Å². The van der Waals surface area contributed by atoms with Crippen LogP contribution in [0, 0.1) is 5.82 Å². The van der Waals surface area contributed by atoms with Gasteiger partial charge in [-0.1, -0.05) is 38.0 Å². The minimum atomic E-state index is -0.836. The van der Waals surface area contributed by atoms with Crippen molar-refractivity contribution in [3.63, 3.8) is 0 Å². The van der Waals surface area contributed by atoms with Crippen LogP contribution < -0.4 is 4.74 Å². The summed E-state index contributed by atoms with van der Waals surface area (Å²) < 4.78 is 19.0. The number of hydrogen-bond acceptors (Lipinski definition) is 5. The Kier molecular flexibility index (Phi) is 8.10. The van der Waals surface area contributed by atoms with E-state index in [2.05, 4.69) is 11.9 Å². The van der Waals surface area contributed by atoms with Crippen molar-refractivity contribution in [2.24, 2.45) is 0 Å². The summed E-state index contributed by atoms with van der Waals surface area (Å²) in [5.74, 6) is -1.40. The Morgan fingerprint density at radius 3 is 2.44 bits per heavy atom. The SMILES string of the molecule is CCCCCOc1ccc(/C(O)=C2/C(=O)C(=O)N(CCc3ccc(F)cc3)C2c2ccccn2)cc1. The average molecular weight is 489 g/mol. The van der Waals surface area contributed by atoms with Crippen LogP contribution in [0.4, 0.5) is 4.39 Å². The van der Waals surface area contributed by atoms with Crippen LogP contribution in [0.1, 0.15) is 49.0 Å². The van der Waals surface area contributed by atoms with Crippen LogP contribution in [0.5, 0.6) is 5.75 Å². The molecule has 1 aromatic heterocycles. The van der Waals surface area contributed by atoms with Gasteiger partial charge in [-0.3, -0.25) is 14.6 Å². The molecule has 2 heterocycles. The van der Waals surface area contributed by atoms with Crippen molar-refractivity contribution in [2.75, 3.05) is 13.2 Å². The fraction of sp³-hybridized carbons (Fsp3) is 0.276. The van der Waals surface area contributed by atoms with Crippen molar-refractivity contribution in [1.29, 1.82) is 0 Å². The molecule has 0 saturated carbocycles. The number of unbranched alkanes of at least 4 members (excludes halogenated alkanes) is 2. The molecular formula is C29H29FN2O4. The maximum atomic E-state index is 13.3. The number of nitrogens with zero attached hydrogens (tertiary/aromatic N) is 2. The van der Waals surface area contributed by atoms with E-state index in [0.29, 0.717) is 30.0 Å². The van der Waals surface area contributed by atoms with Crippen LogP contribution >= 0.6 is 0 Å². The first-order valence-corrected chi connectivity index (χ1v) is 12.2. The van der Waals surface area contributed by atoms with E-state index >= 15 is 0 Å². The molecule has 0 aliphatic carbocycles. The highest BCUT2D eigenvalue weighted by molar-refractivity contribution is 6.46. The number of ketones is 1. The second kappa shape index (κ2) is 11.6. The molecule has 1 unspecified atom stereocenters. The number of ether oxygens (including phenoxy) is 1. The zero-order valence-electron chi connectivity index (χ0n) is 20.2. The van der Waals surface area contributed by atoms with E-state index in [9.17, 15) is 19.1 Å². The number of aromatic nitrogens is 1. The van der Waals surface area contributed by atoms with Crippen molar-refractivity contribution in [3.8, 4) is 5.75 Å². The summed E-state index contributed by atoms with van der Waals surface area (Å²) in [7, 11) is 0. The zero-order valence-corrected chi connectivity index (χ0v) is 20.2. The number of carbonyl (C=O) groups excluding carboxylic acids is 2. The maximum Gasteiger partial charge on any atom is 0.295 e. The molecule has 1 saturated heterocycles. The molecule has 1 aliphatic rings. The number of Topliss-reactive ketones (excluding diaryl/α,β-unsaturated/α-hetero) is 1. The molecule has 36 heavy (non-hydrogen) atoms. The smallest absolute Gasteiger partial charge is 0.295 e. The summed E-state index contributed by atoms with van der Waals surface area (Å²) in [6.45, 7) is 2.94. The van der Waals surface area contributed by atoms with E-state index in [1.165, 1.54) is 17.0 Å². The molecule has 186 valence electrons. The first-order valence-electron chi connectivity index (χ1n) is 12.2. The van der Waals surface area contributed by atoms with Crippen molar-refractivity contribution < 1.29 is 23.8 Å². The number of carbonyl (C=O) groups is 2. The van der Waals surface area contributed by atoms with Crippen LogP contribution in [0.15, 0.2) is 78.5 Å². The third-order valence-electron chi connectivity index (χ3n) is 6.21. The topological polar surface area (TPSA) is 79.7 Å². The summed E-state index contributed by atoms with van der Waals surface area (Å²) in [5, 5.41) is 11.2. The van der Waals surface area contributed by atoms with Gasteiger partial charge >= 0.3 is 0 Å². The van der Waals surface area contributed by atoms with E-state index in [1.807, 2.05) is 0 Å². The number of benzene rings is 2. The van der Waals surface area contributed by atoms with Gasteiger partial charge in [0.1, 0.15) is 23.4 Å². The van der Waals surface area contributed by atoms with Gasteiger partial charge in [-0.25, -0.2) is 4.39 Å². The zero-order chi connectivity index (χ0) is 25.5. The Bertz CT molecular complexity index is 1220. The number of hydrogen-bond donors (Lipinski definition) is 1. The molecule has 1 fully saturated rings. The lowest BCUT2D eigenvalue weighted by Crippen LogP contribution is -2.32. The third kappa shape index (κ3) is 5.62. The van der Waals surface area contributed by atoms with Gasteiger partial charge in [-0.15, -0.1) is 0 Å². The standard InChI is InChI=1S/C29H29FN2O4/c1-2-3-6-19-36-23-14-10-21(11-15-23)27(33)25-26(24-7-4-5-17-31-24)32(29(35)28(25)34)18-16-20-8-12-22(30)13-9-20/h4-5,7-15,17,26,33H,2-3,6,16,18-19H2,1H3/b27-25-. The molecule has 1 amide bonds. The molecule has 1 N–H and O–H groups in total. The normalized spacial score (nSPS) is 16.9. The second-order valence-corrected chi connectivity index (χ2v) is 8.70. The second-order valence-electron chi connectivity index (χ2n) is 8.70. The molecular weight excluding hydrogens is 459 g/mol. The average Bonchev–Trinajstić information content (AvgIpc) is 3.16. The first-order chi connectivity index (χ1) is 17.5. The van der Waals surface area contributed by atoms with E-state index in [0.717, 1.165) is 24.8 Å². The molecule has 6 nitrogen and oxygen atoms in total. The van der Waals surface area contributed by atoms with E-state index < -0.39 is 17.7 Å². The summed E-state index contributed by atoms with van der Waals surface area (Å²) >= 11 is 0. The monoisotopic (exact) mass is 488 g/mol. The lowest BCUT2D eigenvalue weighted by Gasteiger charge is -2.24. The first kappa shape index (κ1) is 25.1. The van der Waals surface area contributed by atoms with Crippen molar-refractivity contribution in [1.82, 2.24) is 9.88 Å². The van der Waals surface area contributed by atoms with Gasteiger partial charge in [-0.2, -0.15) is 0 Å². The molecule has 0 radical (unpaired) electrons.